The van der Waals surface area contributed by atoms with E-state index < -0.39 is 53.8 Å². The first-order valence-electron chi connectivity index (χ1n) is 11.3. The van der Waals surface area contributed by atoms with Crippen molar-refractivity contribution in [2.45, 2.75) is 62.7 Å². The van der Waals surface area contributed by atoms with E-state index in [-0.39, 0.29) is 25.7 Å². The van der Waals surface area contributed by atoms with Gasteiger partial charge in [0, 0.05) is 31.3 Å². The Labute approximate surface area is 207 Å². The molecule has 13 nitrogen and oxygen atoms in total. The number of primary amides is 1. The van der Waals surface area contributed by atoms with E-state index in [1.165, 1.54) is 29.2 Å². The average Bonchev–Trinajstić information content (AvgIpc) is 3.51. The first-order chi connectivity index (χ1) is 16.6. The van der Waals surface area contributed by atoms with Gasteiger partial charge in [0.15, 0.2) is 0 Å². The van der Waals surface area contributed by atoms with Crippen LogP contribution in [0.3, 0.4) is 0 Å². The summed E-state index contributed by atoms with van der Waals surface area (Å²) in [6.45, 7) is 0.328. The predicted octanol–water partition coefficient (Wildman–Crippen LogP) is -1.66. The number of nitrogens with one attached hydrogen (secondary N) is 3. The largest absolute Gasteiger partial charge is 0.480 e. The summed E-state index contributed by atoms with van der Waals surface area (Å²) in [5.74, 6) is -2.85. The van der Waals surface area contributed by atoms with Crippen molar-refractivity contribution < 1.29 is 29.1 Å². The number of hydrogen-bond acceptors (Lipinski definition) is 8. The number of carboxylic acid groups (broad SMARTS) is 1. The van der Waals surface area contributed by atoms with Crippen molar-refractivity contribution >= 4 is 41.4 Å². The number of aromatic amines is 1. The lowest BCUT2D eigenvalue weighted by molar-refractivity contribution is -0.143. The Morgan fingerprint density at radius 3 is 2.60 bits per heavy atom. The molecule has 1 aromatic heterocycles. The molecule has 1 aliphatic heterocycles. The van der Waals surface area contributed by atoms with E-state index in [1.807, 2.05) is 6.26 Å². The quantitative estimate of drug-likeness (QED) is 0.168. The van der Waals surface area contributed by atoms with Gasteiger partial charge in [-0.05, 0) is 37.7 Å². The van der Waals surface area contributed by atoms with Crippen molar-refractivity contribution in [1.29, 1.82) is 0 Å². The highest BCUT2D eigenvalue weighted by Crippen LogP contribution is 2.19. The first kappa shape index (κ1) is 28.1. The fourth-order valence-corrected chi connectivity index (χ4v) is 4.27. The Morgan fingerprint density at radius 2 is 2.00 bits per heavy atom. The molecule has 1 aliphatic rings. The highest BCUT2D eigenvalue weighted by molar-refractivity contribution is 7.98. The van der Waals surface area contributed by atoms with Crippen LogP contribution in [0.4, 0.5) is 0 Å². The number of amides is 4. The van der Waals surface area contributed by atoms with Gasteiger partial charge in [-0.15, -0.1) is 0 Å². The Kier molecular flexibility index (Phi) is 11.0. The number of likely N-dealkylation sites (tertiary alicyclic amines) is 1. The number of thioether (sulfide) groups is 1. The van der Waals surface area contributed by atoms with Crippen LogP contribution in [0.25, 0.3) is 0 Å². The van der Waals surface area contributed by atoms with Crippen molar-refractivity contribution in [3.05, 3.63) is 18.2 Å². The second-order valence-corrected chi connectivity index (χ2v) is 9.31. The van der Waals surface area contributed by atoms with Gasteiger partial charge in [0.25, 0.3) is 0 Å². The number of carboxylic acids is 1. The van der Waals surface area contributed by atoms with Crippen LogP contribution in [-0.4, -0.2) is 92.3 Å². The highest BCUT2D eigenvalue weighted by Gasteiger charge is 2.38. The van der Waals surface area contributed by atoms with Gasteiger partial charge in [0.2, 0.25) is 23.6 Å². The van der Waals surface area contributed by atoms with Crippen LogP contribution >= 0.6 is 11.8 Å². The summed E-state index contributed by atoms with van der Waals surface area (Å²) in [5.41, 5.74) is 11.6. The molecule has 0 bridgehead atoms. The number of hydrogen-bond donors (Lipinski definition) is 6. The molecule has 0 spiro atoms. The Bertz CT molecular complexity index is 897. The average molecular weight is 512 g/mol. The highest BCUT2D eigenvalue weighted by atomic mass is 32.2. The zero-order valence-electron chi connectivity index (χ0n) is 19.6. The summed E-state index contributed by atoms with van der Waals surface area (Å²) in [6.07, 6.45) is 6.00. The Morgan fingerprint density at radius 1 is 1.26 bits per heavy atom. The van der Waals surface area contributed by atoms with Gasteiger partial charge in [0.05, 0.1) is 12.4 Å². The number of rotatable bonds is 14. The third-order valence-electron chi connectivity index (χ3n) is 5.69. The van der Waals surface area contributed by atoms with Gasteiger partial charge < -0.3 is 37.1 Å². The number of imidazole rings is 1. The molecule has 0 radical (unpaired) electrons. The summed E-state index contributed by atoms with van der Waals surface area (Å²) in [7, 11) is 0. The summed E-state index contributed by atoms with van der Waals surface area (Å²) in [4.78, 5) is 69.4. The number of carbonyl (C=O) groups excluding carboxylic acids is 4. The van der Waals surface area contributed by atoms with Gasteiger partial charge in [0.1, 0.15) is 18.1 Å². The molecule has 0 aliphatic carbocycles. The molecule has 8 N–H and O–H groups in total. The van der Waals surface area contributed by atoms with E-state index >= 15 is 0 Å². The van der Waals surface area contributed by atoms with Crippen LogP contribution in [0.15, 0.2) is 12.5 Å². The molecule has 4 unspecified atom stereocenters. The minimum Gasteiger partial charge on any atom is -0.480 e. The van der Waals surface area contributed by atoms with Gasteiger partial charge in [-0.3, -0.25) is 19.2 Å². The number of carbonyl (C=O) groups is 5. The van der Waals surface area contributed by atoms with Crippen molar-refractivity contribution in [2.75, 3.05) is 18.6 Å². The third kappa shape index (κ3) is 8.55. The van der Waals surface area contributed by atoms with Crippen LogP contribution in [0, 0.1) is 0 Å². The lowest BCUT2D eigenvalue weighted by atomic mass is 10.1. The van der Waals surface area contributed by atoms with Crippen LogP contribution in [0.2, 0.25) is 0 Å². The second-order valence-electron chi connectivity index (χ2n) is 8.32. The second kappa shape index (κ2) is 13.7. The number of aromatic nitrogens is 2. The van der Waals surface area contributed by atoms with Crippen LogP contribution in [-0.2, 0) is 30.4 Å². The van der Waals surface area contributed by atoms with Gasteiger partial charge in [-0.25, -0.2) is 9.78 Å². The minimum absolute atomic E-state index is 0.00162. The van der Waals surface area contributed by atoms with Gasteiger partial charge in [-0.1, -0.05) is 0 Å². The molecule has 1 fully saturated rings. The number of nitrogens with two attached hydrogens (primary N) is 2. The van der Waals surface area contributed by atoms with Crippen molar-refractivity contribution in [3.8, 4) is 0 Å². The fourth-order valence-electron chi connectivity index (χ4n) is 3.80. The zero-order chi connectivity index (χ0) is 26.0. The molecule has 1 aromatic rings. The molecule has 0 saturated carbocycles. The number of H-pyrrole nitrogens is 1. The molecular weight excluding hydrogens is 478 g/mol. The Balaban J connectivity index is 2.05. The standard InChI is InChI=1S/C21H33N7O6S/c1-35-8-6-14(18(30)27-15(21(33)34)9-12-10-24-11-25-12)26-19(31)16-3-2-7-28(16)20(32)13(22)4-5-17(23)29/h10-11,13-16H,2-9,22H2,1H3,(H2,23,29)(H,24,25)(H,26,31)(H,27,30)(H,33,34). The van der Waals surface area contributed by atoms with Crippen LogP contribution in [0.1, 0.15) is 37.8 Å². The SMILES string of the molecule is CSCCC(NC(=O)C1CCCN1C(=O)C(N)CCC(N)=O)C(=O)NC(Cc1cnc[nH]1)C(=O)O. The third-order valence-corrected chi connectivity index (χ3v) is 6.34. The monoisotopic (exact) mass is 511 g/mol. The summed E-state index contributed by atoms with van der Waals surface area (Å²) in [5, 5.41) is 14.7. The van der Waals surface area contributed by atoms with E-state index in [4.69, 9.17) is 11.5 Å². The normalized spacial score (nSPS) is 17.9. The van der Waals surface area contributed by atoms with E-state index in [0.717, 1.165) is 0 Å². The van der Waals surface area contributed by atoms with Crippen molar-refractivity contribution in [3.63, 3.8) is 0 Å². The van der Waals surface area contributed by atoms with Gasteiger partial charge in [-0.2, -0.15) is 11.8 Å². The number of nitrogens with zero attached hydrogens (tertiary/aromatic N) is 2. The molecule has 4 atom stereocenters. The van der Waals surface area contributed by atoms with E-state index in [2.05, 4.69) is 20.6 Å². The molecule has 35 heavy (non-hydrogen) atoms. The molecule has 2 heterocycles. The van der Waals surface area contributed by atoms with E-state index in [9.17, 15) is 29.1 Å². The van der Waals surface area contributed by atoms with E-state index in [1.54, 1.807) is 0 Å². The Hall–Kier alpha value is -3.13. The van der Waals surface area contributed by atoms with Crippen molar-refractivity contribution in [1.82, 2.24) is 25.5 Å². The molecule has 0 aromatic carbocycles. The maximum absolute atomic E-state index is 13.1. The lowest BCUT2D eigenvalue weighted by Crippen LogP contribution is -2.57. The maximum atomic E-state index is 13.1. The van der Waals surface area contributed by atoms with Crippen molar-refractivity contribution in [2.24, 2.45) is 11.5 Å². The summed E-state index contributed by atoms with van der Waals surface area (Å²) >= 11 is 1.47. The summed E-state index contributed by atoms with van der Waals surface area (Å²) < 4.78 is 0. The topological polar surface area (TPSA) is 214 Å². The molecule has 194 valence electrons. The van der Waals surface area contributed by atoms with Gasteiger partial charge >= 0.3 is 5.97 Å². The smallest absolute Gasteiger partial charge is 0.326 e. The molecular formula is C21H33N7O6S. The first-order valence-corrected chi connectivity index (χ1v) is 12.7. The zero-order valence-corrected chi connectivity index (χ0v) is 20.4. The maximum Gasteiger partial charge on any atom is 0.326 e. The van der Waals surface area contributed by atoms with Crippen LogP contribution < -0.4 is 22.1 Å². The molecule has 2 rings (SSSR count). The predicted molar refractivity (Wildman–Crippen MR) is 128 cm³/mol. The van der Waals surface area contributed by atoms with Crippen LogP contribution in [0.5, 0.6) is 0 Å². The molecule has 1 saturated heterocycles. The fraction of sp³-hybridized carbons (Fsp3) is 0.619. The molecule has 4 amide bonds. The number of aliphatic carboxylic acids is 1. The molecule has 14 heteroatoms. The minimum atomic E-state index is -1.22. The lowest BCUT2D eigenvalue weighted by Gasteiger charge is -2.28. The summed E-state index contributed by atoms with van der Waals surface area (Å²) in [6, 6.07) is -3.98. The van der Waals surface area contributed by atoms with E-state index in [0.29, 0.717) is 30.8 Å².